The summed E-state index contributed by atoms with van der Waals surface area (Å²) in [4.78, 5) is 0. The molecule has 0 saturated heterocycles. The molecule has 1 rings (SSSR count). The predicted molar refractivity (Wildman–Crippen MR) is 71.0 cm³/mol. The van der Waals surface area contributed by atoms with Gasteiger partial charge in [-0.3, -0.25) is 11.3 Å². The van der Waals surface area contributed by atoms with Crippen molar-refractivity contribution in [3.05, 3.63) is 11.6 Å². The highest BCUT2D eigenvalue weighted by Gasteiger charge is 2.22. The van der Waals surface area contributed by atoms with Gasteiger partial charge in [0.05, 0.1) is 0 Å². The van der Waals surface area contributed by atoms with Gasteiger partial charge in [-0.25, -0.2) is 0 Å². The molecule has 0 bridgehead atoms. The van der Waals surface area contributed by atoms with Gasteiger partial charge in [-0.15, -0.1) is 0 Å². The number of rotatable bonds is 7. The molecule has 0 spiro atoms. The Bertz CT molecular complexity index is 211. The molecule has 2 nitrogen and oxygen atoms in total. The van der Waals surface area contributed by atoms with Crippen LogP contribution in [0.2, 0.25) is 0 Å². The molecule has 1 aliphatic carbocycles. The van der Waals surface area contributed by atoms with Crippen LogP contribution >= 0.6 is 0 Å². The summed E-state index contributed by atoms with van der Waals surface area (Å²) in [5.41, 5.74) is 4.63. The summed E-state index contributed by atoms with van der Waals surface area (Å²) in [7, 11) is 0. The van der Waals surface area contributed by atoms with E-state index in [1.165, 1.54) is 51.4 Å². The highest BCUT2D eigenvalue weighted by Crippen LogP contribution is 2.27. The number of hydrogen-bond acceptors (Lipinski definition) is 2. The highest BCUT2D eigenvalue weighted by molar-refractivity contribution is 5.14. The first-order valence-electron chi connectivity index (χ1n) is 6.98. The Kier molecular flexibility index (Phi) is 6.74. The monoisotopic (exact) mass is 224 g/mol. The van der Waals surface area contributed by atoms with Gasteiger partial charge in [0.25, 0.3) is 0 Å². The van der Waals surface area contributed by atoms with Crippen LogP contribution in [0.15, 0.2) is 11.6 Å². The van der Waals surface area contributed by atoms with Crippen molar-refractivity contribution < 1.29 is 0 Å². The second-order valence-corrected chi connectivity index (χ2v) is 4.98. The molecular weight excluding hydrogens is 196 g/mol. The molecule has 2 atom stereocenters. The van der Waals surface area contributed by atoms with Crippen molar-refractivity contribution in [1.29, 1.82) is 0 Å². The minimum atomic E-state index is 0.428. The molecular formula is C14H28N2. The van der Waals surface area contributed by atoms with E-state index in [4.69, 9.17) is 5.84 Å². The summed E-state index contributed by atoms with van der Waals surface area (Å²) in [6.45, 7) is 4.55. The third-order valence-electron chi connectivity index (χ3n) is 3.83. The lowest BCUT2D eigenvalue weighted by Gasteiger charge is -2.29. The van der Waals surface area contributed by atoms with E-state index in [-0.39, 0.29) is 0 Å². The van der Waals surface area contributed by atoms with Crippen LogP contribution in [0.4, 0.5) is 0 Å². The van der Waals surface area contributed by atoms with Gasteiger partial charge in [0.15, 0.2) is 0 Å². The number of allylic oxidation sites excluding steroid dienone is 1. The van der Waals surface area contributed by atoms with E-state index < -0.39 is 0 Å². The zero-order valence-corrected chi connectivity index (χ0v) is 11.0. The Morgan fingerprint density at radius 3 is 2.69 bits per heavy atom. The van der Waals surface area contributed by atoms with Crippen LogP contribution in [0.5, 0.6) is 0 Å². The number of hydrogen-bond donors (Lipinski definition) is 2. The molecule has 0 fully saturated rings. The highest BCUT2D eigenvalue weighted by atomic mass is 15.2. The maximum absolute atomic E-state index is 5.76. The average Bonchev–Trinajstić information content (AvgIpc) is 2.35. The van der Waals surface area contributed by atoms with Gasteiger partial charge in [0.2, 0.25) is 0 Å². The first kappa shape index (κ1) is 13.7. The first-order chi connectivity index (χ1) is 7.83. The van der Waals surface area contributed by atoms with E-state index in [0.29, 0.717) is 12.0 Å². The van der Waals surface area contributed by atoms with Gasteiger partial charge in [0.1, 0.15) is 0 Å². The molecule has 0 saturated carbocycles. The van der Waals surface area contributed by atoms with Crippen molar-refractivity contribution in [2.45, 2.75) is 71.3 Å². The minimum absolute atomic E-state index is 0.428. The molecule has 0 radical (unpaired) electrons. The van der Waals surface area contributed by atoms with Crippen molar-refractivity contribution in [3.8, 4) is 0 Å². The molecule has 94 valence electrons. The zero-order valence-electron chi connectivity index (χ0n) is 11.0. The fourth-order valence-electron chi connectivity index (χ4n) is 2.76. The molecule has 1 aliphatic rings. The quantitative estimate of drug-likeness (QED) is 0.394. The lowest BCUT2D eigenvalue weighted by molar-refractivity contribution is 0.343. The van der Waals surface area contributed by atoms with Crippen LogP contribution in [0.25, 0.3) is 0 Å². The van der Waals surface area contributed by atoms with E-state index in [0.717, 1.165) is 0 Å². The Balaban J connectivity index is 2.58. The van der Waals surface area contributed by atoms with Crippen LogP contribution < -0.4 is 11.3 Å². The second-order valence-electron chi connectivity index (χ2n) is 4.98. The van der Waals surface area contributed by atoms with Crippen molar-refractivity contribution in [2.24, 2.45) is 11.8 Å². The van der Waals surface area contributed by atoms with Gasteiger partial charge < -0.3 is 0 Å². The summed E-state index contributed by atoms with van der Waals surface area (Å²) in [6.07, 6.45) is 12.8. The summed E-state index contributed by atoms with van der Waals surface area (Å²) in [5, 5.41) is 0. The van der Waals surface area contributed by atoms with Crippen LogP contribution in [-0.2, 0) is 0 Å². The topological polar surface area (TPSA) is 38.0 Å². The molecule has 2 heteroatoms. The lowest BCUT2D eigenvalue weighted by Crippen LogP contribution is -2.42. The van der Waals surface area contributed by atoms with Crippen molar-refractivity contribution in [1.82, 2.24) is 5.43 Å². The fourth-order valence-corrected chi connectivity index (χ4v) is 2.76. The van der Waals surface area contributed by atoms with Crippen LogP contribution in [0.1, 0.15) is 65.2 Å². The maximum Gasteiger partial charge on any atom is 0.0447 e. The average molecular weight is 224 g/mol. The van der Waals surface area contributed by atoms with Crippen LogP contribution in [-0.4, -0.2) is 6.04 Å². The standard InChI is InChI=1S/C14H28N2/c1-3-5-9-12(4-2)14(16-15)13-10-7-6-8-11-13/h10,12,14,16H,3-9,11,15H2,1-2H3. The third-order valence-corrected chi connectivity index (χ3v) is 3.83. The fraction of sp³-hybridized carbons (Fsp3) is 0.857. The molecule has 0 aromatic carbocycles. The molecule has 3 N–H and O–H groups in total. The van der Waals surface area contributed by atoms with E-state index in [2.05, 4.69) is 25.3 Å². The molecule has 0 aliphatic heterocycles. The normalized spacial score (nSPS) is 20.3. The summed E-state index contributed by atoms with van der Waals surface area (Å²) >= 11 is 0. The number of nitrogens with one attached hydrogen (secondary N) is 1. The van der Waals surface area contributed by atoms with Gasteiger partial charge in [0, 0.05) is 6.04 Å². The van der Waals surface area contributed by atoms with Crippen molar-refractivity contribution >= 4 is 0 Å². The maximum atomic E-state index is 5.76. The van der Waals surface area contributed by atoms with Crippen LogP contribution in [0, 0.1) is 5.92 Å². The Hall–Kier alpha value is -0.340. The molecule has 0 aromatic rings. The molecule has 0 amide bonds. The summed E-state index contributed by atoms with van der Waals surface area (Å²) in [5.74, 6) is 6.48. The first-order valence-corrected chi connectivity index (χ1v) is 6.98. The van der Waals surface area contributed by atoms with Crippen LogP contribution in [0.3, 0.4) is 0 Å². The number of nitrogens with two attached hydrogens (primary N) is 1. The van der Waals surface area contributed by atoms with E-state index in [9.17, 15) is 0 Å². The molecule has 2 unspecified atom stereocenters. The summed E-state index contributed by atoms with van der Waals surface area (Å²) in [6, 6.07) is 0.428. The molecule has 16 heavy (non-hydrogen) atoms. The molecule has 0 heterocycles. The Morgan fingerprint density at radius 2 is 2.19 bits per heavy atom. The van der Waals surface area contributed by atoms with Gasteiger partial charge in [-0.05, 0) is 38.0 Å². The number of hydrazine groups is 1. The molecule has 0 aromatic heterocycles. The Morgan fingerprint density at radius 1 is 1.38 bits per heavy atom. The van der Waals surface area contributed by atoms with E-state index in [1.54, 1.807) is 5.57 Å². The Labute approximate surface area is 101 Å². The predicted octanol–water partition coefficient (Wildman–Crippen LogP) is 3.54. The smallest absolute Gasteiger partial charge is 0.0447 e. The summed E-state index contributed by atoms with van der Waals surface area (Å²) < 4.78 is 0. The van der Waals surface area contributed by atoms with E-state index >= 15 is 0 Å². The van der Waals surface area contributed by atoms with Gasteiger partial charge in [-0.2, -0.15) is 0 Å². The largest absolute Gasteiger partial charge is 0.271 e. The lowest BCUT2D eigenvalue weighted by atomic mass is 9.83. The van der Waals surface area contributed by atoms with Gasteiger partial charge in [-0.1, -0.05) is 44.8 Å². The third kappa shape index (κ3) is 3.91. The van der Waals surface area contributed by atoms with Gasteiger partial charge >= 0.3 is 0 Å². The van der Waals surface area contributed by atoms with Crippen molar-refractivity contribution in [3.63, 3.8) is 0 Å². The minimum Gasteiger partial charge on any atom is -0.271 e. The van der Waals surface area contributed by atoms with Crippen molar-refractivity contribution in [2.75, 3.05) is 0 Å². The zero-order chi connectivity index (χ0) is 11.8. The SMILES string of the molecule is CCCCC(CC)C(NN)C1=CCCCC1. The number of unbranched alkanes of at least 4 members (excludes halogenated alkanes) is 1. The van der Waals surface area contributed by atoms with E-state index in [1.807, 2.05) is 0 Å². The second kappa shape index (κ2) is 7.86.